The van der Waals surface area contributed by atoms with E-state index in [0.29, 0.717) is 11.6 Å². The minimum atomic E-state index is -2.43. The van der Waals surface area contributed by atoms with Gasteiger partial charge in [-0.1, -0.05) is 42.5 Å². The van der Waals surface area contributed by atoms with E-state index in [1.165, 1.54) is 24.3 Å². The van der Waals surface area contributed by atoms with Gasteiger partial charge in [0, 0.05) is 27.3 Å². The van der Waals surface area contributed by atoms with Crippen molar-refractivity contribution in [2.75, 3.05) is 0 Å². The van der Waals surface area contributed by atoms with Gasteiger partial charge in [-0.3, -0.25) is 0 Å². The van der Waals surface area contributed by atoms with Crippen molar-refractivity contribution in [3.8, 4) is 22.3 Å². The molecular weight excluding hydrogens is 464 g/mol. The van der Waals surface area contributed by atoms with Crippen LogP contribution in [0.25, 0.3) is 43.8 Å². The lowest BCUT2D eigenvalue weighted by Crippen LogP contribution is -2.06. The third kappa shape index (κ3) is 2.98. The van der Waals surface area contributed by atoms with Crippen LogP contribution < -0.4 is 0 Å². The maximum atomic E-state index is 15.2. The molecule has 170 valence electrons. The second-order valence-electron chi connectivity index (χ2n) is 7.50. The lowest BCUT2D eigenvalue weighted by atomic mass is 9.85. The molecule has 0 unspecified atom stereocenters. The van der Waals surface area contributed by atoms with E-state index in [1.54, 1.807) is 18.2 Å². The van der Waals surface area contributed by atoms with Crippen LogP contribution in [-0.2, 0) is 0 Å². The Balaban J connectivity index is 2.16. The Kier molecular flexibility index (Phi) is 5.04. The van der Waals surface area contributed by atoms with E-state index in [1.807, 2.05) is 0 Å². The summed E-state index contributed by atoms with van der Waals surface area (Å²) in [6.45, 7) is 0. The van der Waals surface area contributed by atoms with Gasteiger partial charge in [-0.2, -0.15) is 0 Å². The van der Waals surface area contributed by atoms with Gasteiger partial charge < -0.3 is 0 Å². The SMILES string of the molecule is Fc1c(F)c(F)c(-c2c3c(F)cccc3c(-c3ccccc3)c3c(F)ccc(F)c23)c(F)c1F. The summed E-state index contributed by atoms with van der Waals surface area (Å²) >= 11 is 0. The van der Waals surface area contributed by atoms with Crippen LogP contribution >= 0.6 is 0 Å². The monoisotopic (exact) mass is 474 g/mol. The molecule has 0 N–H and O–H groups in total. The minimum Gasteiger partial charge on any atom is -0.206 e. The summed E-state index contributed by atoms with van der Waals surface area (Å²) < 4.78 is 117. The number of benzene rings is 5. The number of halogens is 8. The molecule has 0 bridgehead atoms. The highest BCUT2D eigenvalue weighted by Crippen LogP contribution is 2.48. The molecule has 0 radical (unpaired) electrons. The van der Waals surface area contributed by atoms with Crippen molar-refractivity contribution in [2.45, 2.75) is 0 Å². The quantitative estimate of drug-likeness (QED) is 0.104. The second-order valence-corrected chi connectivity index (χ2v) is 7.50. The van der Waals surface area contributed by atoms with Crippen LogP contribution in [0.15, 0.2) is 60.7 Å². The van der Waals surface area contributed by atoms with Crippen molar-refractivity contribution in [2.24, 2.45) is 0 Å². The molecule has 0 saturated carbocycles. The van der Waals surface area contributed by atoms with Crippen LogP contribution in [0, 0.1) is 46.5 Å². The van der Waals surface area contributed by atoms with Crippen LogP contribution in [-0.4, -0.2) is 0 Å². The molecule has 8 heteroatoms. The standard InChI is InChI=1S/C26H10F8/c27-13-8-4-7-12-16(11-5-2-1-3-6-11)18-14(28)9-10-15(29)19(18)20(17(12)13)21-22(30)24(32)26(34)25(33)23(21)31/h1-10H. The molecule has 5 rings (SSSR count). The van der Waals surface area contributed by atoms with E-state index in [4.69, 9.17) is 0 Å². The maximum absolute atomic E-state index is 15.2. The van der Waals surface area contributed by atoms with Crippen molar-refractivity contribution in [1.82, 2.24) is 0 Å². The fraction of sp³-hybridized carbons (Fsp3) is 0. The molecule has 0 fully saturated rings. The summed E-state index contributed by atoms with van der Waals surface area (Å²) in [6.07, 6.45) is 0. The van der Waals surface area contributed by atoms with Gasteiger partial charge >= 0.3 is 0 Å². The van der Waals surface area contributed by atoms with Gasteiger partial charge in [0.05, 0.1) is 5.56 Å². The van der Waals surface area contributed by atoms with E-state index in [2.05, 4.69) is 0 Å². The Morgan fingerprint density at radius 1 is 0.353 bits per heavy atom. The van der Waals surface area contributed by atoms with Crippen LogP contribution in [0.4, 0.5) is 35.1 Å². The van der Waals surface area contributed by atoms with Crippen molar-refractivity contribution in [1.29, 1.82) is 0 Å². The van der Waals surface area contributed by atoms with Gasteiger partial charge in [-0.05, 0) is 29.1 Å². The molecular formula is C26H10F8. The third-order valence-electron chi connectivity index (χ3n) is 5.66. The largest absolute Gasteiger partial charge is 0.206 e. The number of hydrogen-bond acceptors (Lipinski definition) is 0. The summed E-state index contributed by atoms with van der Waals surface area (Å²) in [6, 6.07) is 12.7. The first-order valence-electron chi connectivity index (χ1n) is 9.83. The van der Waals surface area contributed by atoms with Crippen molar-refractivity contribution >= 4 is 21.5 Å². The molecule has 5 aromatic rings. The van der Waals surface area contributed by atoms with E-state index in [0.717, 1.165) is 12.1 Å². The normalized spacial score (nSPS) is 11.5. The predicted molar refractivity (Wildman–Crippen MR) is 112 cm³/mol. The van der Waals surface area contributed by atoms with E-state index >= 15 is 13.2 Å². The van der Waals surface area contributed by atoms with E-state index in [-0.39, 0.29) is 10.9 Å². The first-order valence-corrected chi connectivity index (χ1v) is 9.83. The zero-order valence-electron chi connectivity index (χ0n) is 16.8. The van der Waals surface area contributed by atoms with Crippen LogP contribution in [0.1, 0.15) is 0 Å². The van der Waals surface area contributed by atoms with Gasteiger partial charge in [0.15, 0.2) is 23.3 Å². The highest BCUT2D eigenvalue weighted by Gasteiger charge is 2.32. The highest BCUT2D eigenvalue weighted by molar-refractivity contribution is 6.21. The second kappa shape index (κ2) is 7.83. The van der Waals surface area contributed by atoms with Gasteiger partial charge in [0.1, 0.15) is 17.5 Å². The first kappa shape index (κ1) is 21.9. The lowest BCUT2D eigenvalue weighted by Gasteiger charge is -2.20. The average molecular weight is 474 g/mol. The molecule has 0 aromatic heterocycles. The number of fused-ring (bicyclic) bond motifs is 2. The molecule has 0 aliphatic rings. The topological polar surface area (TPSA) is 0 Å². The Morgan fingerprint density at radius 2 is 0.853 bits per heavy atom. The minimum absolute atomic E-state index is 0.00489. The fourth-order valence-corrected chi connectivity index (χ4v) is 4.27. The zero-order valence-corrected chi connectivity index (χ0v) is 16.8. The Bertz CT molecular complexity index is 1600. The zero-order chi connectivity index (χ0) is 24.3. The smallest absolute Gasteiger partial charge is 0.200 e. The molecule has 0 heterocycles. The van der Waals surface area contributed by atoms with Gasteiger partial charge in [-0.25, -0.2) is 35.1 Å². The highest BCUT2D eigenvalue weighted by atomic mass is 19.2. The summed E-state index contributed by atoms with van der Waals surface area (Å²) in [7, 11) is 0. The Labute approximate surface area is 186 Å². The van der Waals surface area contributed by atoms with Crippen molar-refractivity contribution in [3.05, 3.63) is 107 Å². The van der Waals surface area contributed by atoms with Gasteiger partial charge in [0.2, 0.25) is 5.82 Å². The van der Waals surface area contributed by atoms with Gasteiger partial charge in [0.25, 0.3) is 0 Å². The predicted octanol–water partition coefficient (Wildman–Crippen LogP) is 8.44. The maximum Gasteiger partial charge on any atom is 0.200 e. The van der Waals surface area contributed by atoms with Crippen LogP contribution in [0.5, 0.6) is 0 Å². The third-order valence-corrected chi connectivity index (χ3v) is 5.66. The molecule has 34 heavy (non-hydrogen) atoms. The van der Waals surface area contributed by atoms with E-state index < -0.39 is 73.8 Å². The van der Waals surface area contributed by atoms with Crippen LogP contribution in [0.2, 0.25) is 0 Å². The lowest BCUT2D eigenvalue weighted by molar-refractivity contribution is 0.381. The van der Waals surface area contributed by atoms with Crippen LogP contribution in [0.3, 0.4) is 0 Å². The molecule has 0 amide bonds. The summed E-state index contributed by atoms with van der Waals surface area (Å²) in [5.74, 6) is -15.0. The number of rotatable bonds is 2. The molecule has 0 aliphatic heterocycles. The summed E-state index contributed by atoms with van der Waals surface area (Å²) in [5.41, 5.74) is -2.22. The van der Waals surface area contributed by atoms with Gasteiger partial charge in [-0.15, -0.1) is 0 Å². The fourth-order valence-electron chi connectivity index (χ4n) is 4.27. The first-order chi connectivity index (χ1) is 16.2. The summed E-state index contributed by atoms with van der Waals surface area (Å²) in [4.78, 5) is 0. The molecule has 5 aromatic carbocycles. The molecule has 0 aliphatic carbocycles. The Morgan fingerprint density at radius 3 is 1.44 bits per heavy atom. The van der Waals surface area contributed by atoms with E-state index in [9.17, 15) is 22.0 Å². The molecule has 0 spiro atoms. The van der Waals surface area contributed by atoms with Crippen molar-refractivity contribution < 1.29 is 35.1 Å². The molecule has 0 saturated heterocycles. The Hall–Kier alpha value is -3.94. The van der Waals surface area contributed by atoms with Crippen molar-refractivity contribution in [3.63, 3.8) is 0 Å². The summed E-state index contributed by atoms with van der Waals surface area (Å²) in [5, 5.41) is -2.05. The number of hydrogen-bond donors (Lipinski definition) is 0. The molecule has 0 atom stereocenters. The molecule has 0 nitrogen and oxygen atoms in total. The average Bonchev–Trinajstić information content (AvgIpc) is 2.84.